The molecule has 0 spiro atoms. The van der Waals surface area contributed by atoms with E-state index in [4.69, 9.17) is 0 Å². The first kappa shape index (κ1) is 14.6. The number of aryl methyl sites for hydroxylation is 1. The summed E-state index contributed by atoms with van der Waals surface area (Å²) in [5.74, 6) is 0.954. The lowest BCUT2D eigenvalue weighted by Gasteiger charge is -2.14. The molecule has 0 aliphatic rings. The first-order valence-electron chi connectivity index (χ1n) is 7.35. The molecule has 1 atom stereocenters. The number of hydrogen-bond acceptors (Lipinski definition) is 3. The van der Waals surface area contributed by atoms with Gasteiger partial charge in [0.05, 0.1) is 12.2 Å². The zero-order valence-corrected chi connectivity index (χ0v) is 13.1. The molecule has 0 radical (unpaired) electrons. The van der Waals surface area contributed by atoms with Gasteiger partial charge in [-0.1, -0.05) is 6.92 Å². The van der Waals surface area contributed by atoms with Crippen LogP contribution in [0.15, 0.2) is 18.5 Å². The van der Waals surface area contributed by atoms with Crippen LogP contribution in [-0.4, -0.2) is 19.6 Å². The molecule has 0 unspecified atom stereocenters. The highest BCUT2D eigenvalue weighted by Crippen LogP contribution is 2.17. The fraction of sp³-hybridized carbons (Fsp3) is 0.600. The SMILES string of the molecule is CC[C@@H](C)n1nccc1CNc1nn(C(C)C)cc1C. The Hall–Kier alpha value is -1.78. The molecule has 5 nitrogen and oxygen atoms in total. The van der Waals surface area contributed by atoms with Gasteiger partial charge in [-0.05, 0) is 40.2 Å². The van der Waals surface area contributed by atoms with Crippen molar-refractivity contribution in [2.45, 2.75) is 59.7 Å². The van der Waals surface area contributed by atoms with Gasteiger partial charge in [0, 0.05) is 30.0 Å². The van der Waals surface area contributed by atoms with E-state index in [0.29, 0.717) is 12.1 Å². The summed E-state index contributed by atoms with van der Waals surface area (Å²) in [6.45, 7) is 11.5. The highest BCUT2D eigenvalue weighted by Gasteiger charge is 2.10. The smallest absolute Gasteiger partial charge is 0.151 e. The third-order valence-electron chi connectivity index (χ3n) is 3.64. The first-order chi connectivity index (χ1) is 9.52. The van der Waals surface area contributed by atoms with Gasteiger partial charge in [-0.3, -0.25) is 9.36 Å². The predicted molar refractivity (Wildman–Crippen MR) is 81.9 cm³/mol. The van der Waals surface area contributed by atoms with E-state index in [-0.39, 0.29) is 0 Å². The van der Waals surface area contributed by atoms with Crippen LogP contribution < -0.4 is 5.32 Å². The van der Waals surface area contributed by atoms with Crippen molar-refractivity contribution in [3.05, 3.63) is 29.7 Å². The lowest BCUT2D eigenvalue weighted by Crippen LogP contribution is -2.13. The predicted octanol–water partition coefficient (Wildman–Crippen LogP) is 3.55. The molecule has 2 aromatic heterocycles. The lowest BCUT2D eigenvalue weighted by atomic mass is 10.2. The monoisotopic (exact) mass is 275 g/mol. The van der Waals surface area contributed by atoms with Crippen molar-refractivity contribution in [2.75, 3.05) is 5.32 Å². The Morgan fingerprint density at radius 1 is 1.30 bits per heavy atom. The number of nitrogens with zero attached hydrogens (tertiary/aromatic N) is 4. The summed E-state index contributed by atoms with van der Waals surface area (Å²) in [4.78, 5) is 0. The van der Waals surface area contributed by atoms with Crippen molar-refractivity contribution in [1.82, 2.24) is 19.6 Å². The van der Waals surface area contributed by atoms with Gasteiger partial charge in [0.1, 0.15) is 0 Å². The molecule has 0 bridgehead atoms. The summed E-state index contributed by atoms with van der Waals surface area (Å²) in [5.41, 5.74) is 2.37. The Labute approximate surface area is 121 Å². The molecule has 0 fully saturated rings. The standard InChI is InChI=1S/C15H25N5/c1-6-13(5)20-14(7-8-17-20)9-16-15-12(4)10-19(18-15)11(2)3/h7-8,10-11,13H,6,9H2,1-5H3,(H,16,18)/t13-/m1/s1. The van der Waals surface area contributed by atoms with Crippen LogP contribution >= 0.6 is 0 Å². The van der Waals surface area contributed by atoms with Crippen molar-refractivity contribution in [2.24, 2.45) is 0 Å². The molecular weight excluding hydrogens is 250 g/mol. The quantitative estimate of drug-likeness (QED) is 0.877. The van der Waals surface area contributed by atoms with E-state index in [1.165, 1.54) is 11.3 Å². The van der Waals surface area contributed by atoms with E-state index in [2.05, 4.69) is 67.1 Å². The van der Waals surface area contributed by atoms with Gasteiger partial charge in [0.25, 0.3) is 0 Å². The molecule has 2 heterocycles. The van der Waals surface area contributed by atoms with Crippen LogP contribution in [0, 0.1) is 6.92 Å². The minimum absolute atomic E-state index is 0.384. The van der Waals surface area contributed by atoms with Gasteiger partial charge in [-0.25, -0.2) is 0 Å². The maximum absolute atomic E-state index is 4.58. The van der Waals surface area contributed by atoms with Crippen LogP contribution in [0.1, 0.15) is 57.5 Å². The zero-order valence-electron chi connectivity index (χ0n) is 13.1. The second-order valence-corrected chi connectivity index (χ2v) is 5.61. The molecule has 2 aromatic rings. The normalized spacial score (nSPS) is 12.9. The summed E-state index contributed by atoms with van der Waals surface area (Å²) < 4.78 is 4.07. The van der Waals surface area contributed by atoms with Gasteiger partial charge < -0.3 is 5.32 Å². The summed E-state index contributed by atoms with van der Waals surface area (Å²) in [6, 6.07) is 2.87. The minimum atomic E-state index is 0.384. The molecule has 0 aliphatic carbocycles. The Bertz CT molecular complexity index is 552. The number of rotatable bonds is 6. The van der Waals surface area contributed by atoms with Crippen LogP contribution in [0.5, 0.6) is 0 Å². The van der Waals surface area contributed by atoms with E-state index in [1.54, 1.807) is 0 Å². The van der Waals surface area contributed by atoms with E-state index < -0.39 is 0 Å². The average Bonchev–Trinajstić information content (AvgIpc) is 3.02. The molecule has 0 saturated carbocycles. The molecule has 0 amide bonds. The Balaban J connectivity index is 2.07. The van der Waals surface area contributed by atoms with E-state index in [0.717, 1.165) is 18.8 Å². The van der Waals surface area contributed by atoms with Crippen molar-refractivity contribution in [3.8, 4) is 0 Å². The molecule has 0 aromatic carbocycles. The summed E-state index contributed by atoms with van der Waals surface area (Å²) in [7, 11) is 0. The van der Waals surface area contributed by atoms with Crippen molar-refractivity contribution < 1.29 is 0 Å². The Morgan fingerprint density at radius 3 is 2.65 bits per heavy atom. The van der Waals surface area contributed by atoms with Crippen molar-refractivity contribution in [3.63, 3.8) is 0 Å². The molecule has 0 saturated heterocycles. The van der Waals surface area contributed by atoms with Crippen LogP contribution in [0.4, 0.5) is 5.82 Å². The van der Waals surface area contributed by atoms with Crippen molar-refractivity contribution in [1.29, 1.82) is 0 Å². The van der Waals surface area contributed by atoms with Crippen LogP contribution in [-0.2, 0) is 6.54 Å². The molecule has 2 rings (SSSR count). The number of hydrogen-bond donors (Lipinski definition) is 1. The van der Waals surface area contributed by atoms with Gasteiger partial charge in [0.15, 0.2) is 5.82 Å². The minimum Gasteiger partial charge on any atom is -0.363 e. The lowest BCUT2D eigenvalue weighted by molar-refractivity contribution is 0.462. The largest absolute Gasteiger partial charge is 0.363 e. The van der Waals surface area contributed by atoms with E-state index in [1.807, 2.05) is 10.9 Å². The zero-order chi connectivity index (χ0) is 14.7. The summed E-state index contributed by atoms with van der Waals surface area (Å²) >= 11 is 0. The molecular formula is C15H25N5. The highest BCUT2D eigenvalue weighted by molar-refractivity contribution is 5.42. The van der Waals surface area contributed by atoms with Crippen LogP contribution in [0.25, 0.3) is 0 Å². The second kappa shape index (κ2) is 6.11. The molecule has 110 valence electrons. The third kappa shape index (κ3) is 3.03. The topological polar surface area (TPSA) is 47.7 Å². The maximum Gasteiger partial charge on any atom is 0.151 e. The molecule has 20 heavy (non-hydrogen) atoms. The number of aromatic nitrogens is 4. The van der Waals surface area contributed by atoms with Gasteiger partial charge in [-0.2, -0.15) is 10.2 Å². The summed E-state index contributed by atoms with van der Waals surface area (Å²) in [6.07, 6.45) is 5.03. The van der Waals surface area contributed by atoms with E-state index in [9.17, 15) is 0 Å². The van der Waals surface area contributed by atoms with Crippen LogP contribution in [0.2, 0.25) is 0 Å². The van der Waals surface area contributed by atoms with Gasteiger partial charge in [-0.15, -0.1) is 0 Å². The third-order valence-corrected chi connectivity index (χ3v) is 3.64. The van der Waals surface area contributed by atoms with Crippen LogP contribution in [0.3, 0.4) is 0 Å². The maximum atomic E-state index is 4.58. The molecule has 5 heteroatoms. The first-order valence-corrected chi connectivity index (χ1v) is 7.35. The Kier molecular flexibility index (Phi) is 4.47. The molecule has 0 aliphatic heterocycles. The average molecular weight is 275 g/mol. The van der Waals surface area contributed by atoms with Crippen molar-refractivity contribution >= 4 is 5.82 Å². The molecule has 1 N–H and O–H groups in total. The fourth-order valence-corrected chi connectivity index (χ4v) is 2.15. The van der Waals surface area contributed by atoms with Gasteiger partial charge in [0.2, 0.25) is 0 Å². The van der Waals surface area contributed by atoms with Gasteiger partial charge >= 0.3 is 0 Å². The second-order valence-electron chi connectivity index (χ2n) is 5.61. The number of nitrogens with one attached hydrogen (secondary N) is 1. The number of anilines is 1. The highest BCUT2D eigenvalue weighted by atomic mass is 15.3. The summed E-state index contributed by atoms with van der Waals surface area (Å²) in [5, 5.41) is 12.4. The fourth-order valence-electron chi connectivity index (χ4n) is 2.15. The Morgan fingerprint density at radius 2 is 2.05 bits per heavy atom. The van der Waals surface area contributed by atoms with E-state index >= 15 is 0 Å².